The zero-order valence-electron chi connectivity index (χ0n) is 13.0. The Morgan fingerprint density at radius 2 is 1.85 bits per heavy atom. The smallest absolute Gasteiger partial charge is 0.236 e. The third kappa shape index (κ3) is 5.36. The third-order valence-corrected chi connectivity index (χ3v) is 3.67. The van der Waals surface area contributed by atoms with E-state index in [1.165, 1.54) is 0 Å². The molecule has 0 bridgehead atoms. The molecule has 1 saturated heterocycles. The van der Waals surface area contributed by atoms with Crippen molar-refractivity contribution in [2.45, 2.75) is 39.0 Å². The number of likely N-dealkylation sites (tertiary alicyclic amines) is 1. The number of ether oxygens (including phenoxy) is 2. The Morgan fingerprint density at radius 3 is 2.30 bits per heavy atom. The standard InChI is InChI=1S/C14H29N3O3/c1-4-19-14(20-5-2)11-17(13(18)10-15)12-6-8-16(3)9-7-12/h12,14H,4-11,15H2,1-3H3. The molecule has 1 fully saturated rings. The Bertz CT molecular complexity index is 275. The van der Waals surface area contributed by atoms with Crippen LogP contribution in [-0.4, -0.2) is 74.5 Å². The van der Waals surface area contributed by atoms with Crippen LogP contribution in [0.2, 0.25) is 0 Å². The zero-order chi connectivity index (χ0) is 15.0. The van der Waals surface area contributed by atoms with Gasteiger partial charge in [-0.15, -0.1) is 0 Å². The Labute approximate surface area is 122 Å². The third-order valence-electron chi connectivity index (χ3n) is 3.67. The fourth-order valence-corrected chi connectivity index (χ4v) is 2.56. The zero-order valence-corrected chi connectivity index (χ0v) is 13.0. The number of piperidine rings is 1. The Morgan fingerprint density at radius 1 is 1.30 bits per heavy atom. The van der Waals surface area contributed by atoms with E-state index in [4.69, 9.17) is 15.2 Å². The lowest BCUT2D eigenvalue weighted by molar-refractivity contribution is -0.163. The highest BCUT2D eigenvalue weighted by Crippen LogP contribution is 2.17. The van der Waals surface area contributed by atoms with Gasteiger partial charge in [0.15, 0.2) is 6.29 Å². The lowest BCUT2D eigenvalue weighted by Crippen LogP contribution is -2.51. The summed E-state index contributed by atoms with van der Waals surface area (Å²) in [5, 5.41) is 0. The van der Waals surface area contributed by atoms with Gasteiger partial charge in [-0.2, -0.15) is 0 Å². The molecule has 0 spiro atoms. The van der Waals surface area contributed by atoms with Crippen molar-refractivity contribution < 1.29 is 14.3 Å². The molecule has 1 heterocycles. The first-order chi connectivity index (χ1) is 9.62. The van der Waals surface area contributed by atoms with E-state index in [9.17, 15) is 4.79 Å². The van der Waals surface area contributed by atoms with Crippen LogP contribution in [0.15, 0.2) is 0 Å². The van der Waals surface area contributed by atoms with Gasteiger partial charge in [-0.05, 0) is 46.8 Å². The van der Waals surface area contributed by atoms with Crippen LogP contribution < -0.4 is 5.73 Å². The largest absolute Gasteiger partial charge is 0.351 e. The SMILES string of the molecule is CCOC(CN(C(=O)CN)C1CCN(C)CC1)OCC. The molecule has 0 radical (unpaired) electrons. The average Bonchev–Trinajstić information content (AvgIpc) is 2.45. The summed E-state index contributed by atoms with van der Waals surface area (Å²) in [6.45, 7) is 7.52. The van der Waals surface area contributed by atoms with Crippen molar-refractivity contribution in [3.8, 4) is 0 Å². The molecule has 0 aromatic rings. The van der Waals surface area contributed by atoms with Gasteiger partial charge in [0.05, 0.1) is 13.1 Å². The number of nitrogens with zero attached hydrogens (tertiary/aromatic N) is 2. The van der Waals surface area contributed by atoms with Gasteiger partial charge < -0.3 is 25.0 Å². The first kappa shape index (κ1) is 17.4. The quantitative estimate of drug-likeness (QED) is 0.649. The summed E-state index contributed by atoms with van der Waals surface area (Å²) in [5.74, 6) is -0.0241. The van der Waals surface area contributed by atoms with E-state index in [0.29, 0.717) is 19.8 Å². The molecule has 2 N–H and O–H groups in total. The van der Waals surface area contributed by atoms with Crippen LogP contribution in [0.5, 0.6) is 0 Å². The summed E-state index contributed by atoms with van der Waals surface area (Å²) < 4.78 is 11.1. The van der Waals surface area contributed by atoms with Crippen LogP contribution in [0.1, 0.15) is 26.7 Å². The molecule has 0 aliphatic carbocycles. The molecule has 1 rings (SSSR count). The van der Waals surface area contributed by atoms with Crippen molar-refractivity contribution >= 4 is 5.91 Å². The highest BCUT2D eigenvalue weighted by molar-refractivity contribution is 5.78. The molecule has 6 nitrogen and oxygen atoms in total. The van der Waals surface area contributed by atoms with Gasteiger partial charge in [-0.25, -0.2) is 0 Å². The van der Waals surface area contributed by atoms with E-state index in [0.717, 1.165) is 25.9 Å². The number of hydrogen-bond donors (Lipinski definition) is 1. The topological polar surface area (TPSA) is 68.0 Å². The maximum atomic E-state index is 12.1. The molecule has 6 heteroatoms. The molecular formula is C14H29N3O3. The maximum absolute atomic E-state index is 12.1. The molecule has 20 heavy (non-hydrogen) atoms. The summed E-state index contributed by atoms with van der Waals surface area (Å²) in [4.78, 5) is 16.2. The van der Waals surface area contributed by atoms with Crippen LogP contribution in [0.25, 0.3) is 0 Å². The van der Waals surface area contributed by atoms with E-state index in [-0.39, 0.29) is 24.8 Å². The van der Waals surface area contributed by atoms with Gasteiger partial charge in [0.2, 0.25) is 5.91 Å². The fraction of sp³-hybridized carbons (Fsp3) is 0.929. The van der Waals surface area contributed by atoms with E-state index in [1.807, 2.05) is 18.7 Å². The molecular weight excluding hydrogens is 258 g/mol. The van der Waals surface area contributed by atoms with Gasteiger partial charge in [-0.1, -0.05) is 0 Å². The minimum Gasteiger partial charge on any atom is -0.351 e. The number of nitrogens with two attached hydrogens (primary N) is 1. The van der Waals surface area contributed by atoms with Gasteiger partial charge in [0, 0.05) is 19.3 Å². The van der Waals surface area contributed by atoms with Crippen molar-refractivity contribution in [3.63, 3.8) is 0 Å². The van der Waals surface area contributed by atoms with E-state index >= 15 is 0 Å². The predicted octanol–water partition coefficient (Wildman–Crippen LogP) is 0.267. The van der Waals surface area contributed by atoms with Crippen molar-refractivity contribution in [2.75, 3.05) is 46.4 Å². The molecule has 1 aliphatic heterocycles. The lowest BCUT2D eigenvalue weighted by Gasteiger charge is -2.38. The second-order valence-corrected chi connectivity index (χ2v) is 5.12. The van der Waals surface area contributed by atoms with E-state index < -0.39 is 0 Å². The van der Waals surface area contributed by atoms with Crippen molar-refractivity contribution in [1.82, 2.24) is 9.80 Å². The van der Waals surface area contributed by atoms with Crippen LogP contribution in [0, 0.1) is 0 Å². The number of carbonyl (C=O) groups excluding carboxylic acids is 1. The second kappa shape index (κ2) is 9.28. The number of hydrogen-bond acceptors (Lipinski definition) is 5. The summed E-state index contributed by atoms with van der Waals surface area (Å²) in [7, 11) is 2.11. The van der Waals surface area contributed by atoms with E-state index in [1.54, 1.807) is 0 Å². The lowest BCUT2D eigenvalue weighted by atomic mass is 10.0. The van der Waals surface area contributed by atoms with Crippen LogP contribution in [0.4, 0.5) is 0 Å². The summed E-state index contributed by atoms with van der Waals surface area (Å²) >= 11 is 0. The molecule has 1 aliphatic rings. The van der Waals surface area contributed by atoms with Gasteiger partial charge in [0.25, 0.3) is 0 Å². The highest BCUT2D eigenvalue weighted by atomic mass is 16.7. The number of amides is 1. The van der Waals surface area contributed by atoms with Gasteiger partial charge >= 0.3 is 0 Å². The first-order valence-electron chi connectivity index (χ1n) is 7.53. The molecule has 0 aromatic heterocycles. The Kier molecular flexibility index (Phi) is 8.06. The Hall–Kier alpha value is -0.690. The molecule has 1 amide bonds. The highest BCUT2D eigenvalue weighted by Gasteiger charge is 2.28. The fourth-order valence-electron chi connectivity index (χ4n) is 2.56. The minimum atomic E-state index is -0.361. The van der Waals surface area contributed by atoms with Crippen molar-refractivity contribution in [1.29, 1.82) is 0 Å². The minimum absolute atomic E-state index is 0.0241. The maximum Gasteiger partial charge on any atom is 0.236 e. The molecule has 0 atom stereocenters. The van der Waals surface area contributed by atoms with Crippen LogP contribution in [-0.2, 0) is 14.3 Å². The van der Waals surface area contributed by atoms with Gasteiger partial charge in [-0.3, -0.25) is 4.79 Å². The van der Waals surface area contributed by atoms with Gasteiger partial charge in [0.1, 0.15) is 0 Å². The molecule has 0 aromatic carbocycles. The second-order valence-electron chi connectivity index (χ2n) is 5.12. The Balaban J connectivity index is 2.65. The van der Waals surface area contributed by atoms with Crippen molar-refractivity contribution in [2.24, 2.45) is 5.73 Å². The number of rotatable bonds is 8. The number of carbonyl (C=O) groups is 1. The van der Waals surface area contributed by atoms with Crippen molar-refractivity contribution in [3.05, 3.63) is 0 Å². The normalized spacial score (nSPS) is 17.6. The molecule has 118 valence electrons. The summed E-state index contributed by atoms with van der Waals surface area (Å²) in [5.41, 5.74) is 5.55. The summed E-state index contributed by atoms with van der Waals surface area (Å²) in [6, 6.07) is 0.241. The monoisotopic (exact) mass is 287 g/mol. The van der Waals surface area contributed by atoms with Crippen LogP contribution >= 0.6 is 0 Å². The van der Waals surface area contributed by atoms with Crippen LogP contribution in [0.3, 0.4) is 0 Å². The van der Waals surface area contributed by atoms with E-state index in [2.05, 4.69) is 11.9 Å². The molecule has 0 unspecified atom stereocenters. The first-order valence-corrected chi connectivity index (χ1v) is 7.53. The predicted molar refractivity (Wildman–Crippen MR) is 78.3 cm³/mol. The average molecular weight is 287 g/mol. The summed E-state index contributed by atoms with van der Waals surface area (Å²) in [6.07, 6.45) is 1.60. The molecule has 0 saturated carbocycles.